The number of nitrogens with zero attached hydrogens (tertiary/aromatic N) is 1. The van der Waals surface area contributed by atoms with Crippen LogP contribution < -0.4 is 16.8 Å². The van der Waals surface area contributed by atoms with Gasteiger partial charge in [0.2, 0.25) is 5.91 Å². The lowest BCUT2D eigenvalue weighted by Gasteiger charge is -2.58. The fourth-order valence-electron chi connectivity index (χ4n) is 11.2. The molecule has 0 aromatic carbocycles. The summed E-state index contributed by atoms with van der Waals surface area (Å²) in [6, 6.07) is 0. The SMILES string of the molecule is CC(C)CCC[C@@H](C)C1CCC2C3CC=C4CC(OC(=O)CCCCC(=O)N(CCCN)CCCCNCCCN)CCC4(C)C3CCC21C. The molecule has 0 saturated heterocycles. The van der Waals surface area contributed by atoms with E-state index in [1.54, 1.807) is 5.57 Å². The molecule has 4 aliphatic carbocycles. The molecule has 7 unspecified atom stereocenters. The van der Waals surface area contributed by atoms with Gasteiger partial charge in [0, 0.05) is 32.4 Å². The van der Waals surface area contributed by atoms with Gasteiger partial charge in [-0.1, -0.05) is 65.5 Å². The van der Waals surface area contributed by atoms with Crippen LogP contribution in [0.25, 0.3) is 0 Å². The molecule has 0 aliphatic heterocycles. The summed E-state index contributed by atoms with van der Waals surface area (Å²) < 4.78 is 6.10. The number of nitrogens with two attached hydrogens (primary N) is 2. The zero-order chi connectivity index (χ0) is 36.1. The summed E-state index contributed by atoms with van der Waals surface area (Å²) in [6.07, 6.45) is 22.9. The predicted octanol–water partition coefficient (Wildman–Crippen LogP) is 8.40. The maximum atomic E-state index is 13.0. The van der Waals surface area contributed by atoms with Gasteiger partial charge in [0.1, 0.15) is 6.10 Å². The lowest BCUT2D eigenvalue weighted by atomic mass is 9.47. The largest absolute Gasteiger partial charge is 0.462 e. The summed E-state index contributed by atoms with van der Waals surface area (Å²) >= 11 is 0. The van der Waals surface area contributed by atoms with Crippen LogP contribution in [0.15, 0.2) is 11.6 Å². The third kappa shape index (κ3) is 10.8. The zero-order valence-corrected chi connectivity index (χ0v) is 33.1. The predicted molar refractivity (Wildman–Crippen MR) is 207 cm³/mol. The van der Waals surface area contributed by atoms with Gasteiger partial charge in [-0.15, -0.1) is 0 Å². The molecule has 0 aromatic rings. The van der Waals surface area contributed by atoms with E-state index in [9.17, 15) is 9.59 Å². The van der Waals surface area contributed by atoms with Crippen molar-refractivity contribution in [3.8, 4) is 0 Å². The molecule has 4 rings (SSSR count). The number of amides is 1. The van der Waals surface area contributed by atoms with Crippen LogP contribution in [0.1, 0.15) is 157 Å². The minimum absolute atomic E-state index is 0.00737. The Bertz CT molecular complexity index is 1080. The first kappa shape index (κ1) is 41.3. The molecule has 0 aromatic heterocycles. The average molecular weight is 699 g/mol. The second kappa shape index (κ2) is 20.1. The van der Waals surface area contributed by atoms with Crippen LogP contribution in [-0.2, 0) is 14.3 Å². The van der Waals surface area contributed by atoms with E-state index in [0.717, 1.165) is 107 Å². The standard InChI is InChI=1S/C43H78N4O3/c1-32(2)13-10-14-33(3)37-19-20-38-36-18-17-34-31-35(21-23-42(34,4)39(36)22-24-43(37,38)5)50-41(49)16-7-6-15-40(48)47(30-12-26-45)29-9-8-27-46-28-11-25-44/h17,32-33,35-39,46H,6-16,18-31,44-45H2,1-5H3/t33-,35?,36?,37?,38?,39?,42?,43?/m1/s1. The highest BCUT2D eigenvalue weighted by atomic mass is 16.5. The molecule has 3 fully saturated rings. The molecular weight excluding hydrogens is 620 g/mol. The number of hydrogen-bond donors (Lipinski definition) is 3. The van der Waals surface area contributed by atoms with Gasteiger partial charge < -0.3 is 26.4 Å². The summed E-state index contributed by atoms with van der Waals surface area (Å²) in [4.78, 5) is 27.9. The van der Waals surface area contributed by atoms with Gasteiger partial charge in [0.25, 0.3) is 0 Å². The van der Waals surface area contributed by atoms with Crippen LogP contribution in [0.5, 0.6) is 0 Å². The number of unbranched alkanes of at least 4 members (excludes halogenated alkanes) is 2. The van der Waals surface area contributed by atoms with Crippen LogP contribution in [-0.4, -0.2) is 62.1 Å². The van der Waals surface area contributed by atoms with Gasteiger partial charge in [0.15, 0.2) is 0 Å². The van der Waals surface area contributed by atoms with Gasteiger partial charge >= 0.3 is 5.97 Å². The smallest absolute Gasteiger partial charge is 0.306 e. The fourth-order valence-corrected chi connectivity index (χ4v) is 11.2. The minimum Gasteiger partial charge on any atom is -0.462 e. The second-order valence-corrected chi connectivity index (χ2v) is 18.0. The Morgan fingerprint density at radius 3 is 2.36 bits per heavy atom. The number of carbonyl (C=O) groups is 2. The summed E-state index contributed by atoms with van der Waals surface area (Å²) in [5.74, 6) is 5.14. The first-order chi connectivity index (χ1) is 24.0. The van der Waals surface area contributed by atoms with E-state index in [1.165, 1.54) is 51.4 Å². The Morgan fingerprint density at radius 1 is 0.860 bits per heavy atom. The fraction of sp³-hybridized carbons (Fsp3) is 0.907. The molecule has 50 heavy (non-hydrogen) atoms. The Kier molecular flexibility index (Phi) is 16.6. The molecule has 4 aliphatic rings. The van der Waals surface area contributed by atoms with Gasteiger partial charge in [-0.05, 0) is 156 Å². The third-order valence-corrected chi connectivity index (χ3v) is 14.2. The first-order valence-electron chi connectivity index (χ1n) is 21.3. The Morgan fingerprint density at radius 2 is 1.60 bits per heavy atom. The van der Waals surface area contributed by atoms with E-state index in [-0.39, 0.29) is 23.4 Å². The van der Waals surface area contributed by atoms with Crippen molar-refractivity contribution in [1.29, 1.82) is 0 Å². The molecule has 7 heteroatoms. The molecule has 0 heterocycles. The highest BCUT2D eigenvalue weighted by Crippen LogP contribution is 2.67. The van der Waals surface area contributed by atoms with Crippen molar-refractivity contribution in [3.63, 3.8) is 0 Å². The number of carbonyl (C=O) groups excluding carboxylic acids is 2. The molecule has 7 nitrogen and oxygen atoms in total. The molecule has 3 saturated carbocycles. The number of ether oxygens (including phenoxy) is 1. The zero-order valence-electron chi connectivity index (χ0n) is 33.1. The van der Waals surface area contributed by atoms with E-state index in [4.69, 9.17) is 16.2 Å². The quantitative estimate of drug-likeness (QED) is 0.0595. The summed E-state index contributed by atoms with van der Waals surface area (Å²) in [6.45, 7) is 17.2. The Balaban J connectivity index is 1.19. The second-order valence-electron chi connectivity index (χ2n) is 18.0. The van der Waals surface area contributed by atoms with Gasteiger partial charge in [-0.25, -0.2) is 0 Å². The molecule has 0 bridgehead atoms. The number of fused-ring (bicyclic) bond motifs is 5. The number of allylic oxidation sites excluding steroid dienone is 1. The first-order valence-corrected chi connectivity index (χ1v) is 21.3. The van der Waals surface area contributed by atoms with Crippen molar-refractivity contribution in [1.82, 2.24) is 10.2 Å². The Labute approximate surface area is 307 Å². The number of hydrogen-bond acceptors (Lipinski definition) is 6. The molecular formula is C43H78N4O3. The van der Waals surface area contributed by atoms with Gasteiger partial charge in [-0.2, -0.15) is 0 Å². The Hall–Kier alpha value is -1.44. The van der Waals surface area contributed by atoms with Crippen LogP contribution in [0.3, 0.4) is 0 Å². The van der Waals surface area contributed by atoms with Crippen molar-refractivity contribution in [2.75, 3.05) is 39.3 Å². The van der Waals surface area contributed by atoms with Crippen LogP contribution in [0.4, 0.5) is 0 Å². The summed E-state index contributed by atoms with van der Waals surface area (Å²) in [5.41, 5.74) is 13.7. The lowest BCUT2D eigenvalue weighted by Crippen LogP contribution is -2.51. The highest BCUT2D eigenvalue weighted by Gasteiger charge is 2.59. The molecule has 0 spiro atoms. The number of rotatable bonds is 22. The molecule has 0 radical (unpaired) electrons. The van der Waals surface area contributed by atoms with Gasteiger partial charge in [-0.3, -0.25) is 9.59 Å². The van der Waals surface area contributed by atoms with Crippen molar-refractivity contribution >= 4 is 11.9 Å². The maximum absolute atomic E-state index is 13.0. The van der Waals surface area contributed by atoms with E-state index >= 15 is 0 Å². The highest BCUT2D eigenvalue weighted by molar-refractivity contribution is 5.76. The van der Waals surface area contributed by atoms with Gasteiger partial charge in [0.05, 0.1) is 0 Å². The molecule has 8 atom stereocenters. The van der Waals surface area contributed by atoms with Crippen LogP contribution in [0.2, 0.25) is 0 Å². The maximum Gasteiger partial charge on any atom is 0.306 e. The van der Waals surface area contributed by atoms with Crippen LogP contribution >= 0.6 is 0 Å². The van der Waals surface area contributed by atoms with E-state index < -0.39 is 0 Å². The van der Waals surface area contributed by atoms with Crippen molar-refractivity contribution in [2.24, 2.45) is 57.8 Å². The molecule has 1 amide bonds. The normalized spacial score (nSPS) is 31.0. The summed E-state index contributed by atoms with van der Waals surface area (Å²) in [5, 5.41) is 3.41. The topological polar surface area (TPSA) is 111 Å². The van der Waals surface area contributed by atoms with E-state index in [0.29, 0.717) is 44.3 Å². The average Bonchev–Trinajstić information content (AvgIpc) is 3.44. The lowest BCUT2D eigenvalue weighted by molar-refractivity contribution is -0.151. The summed E-state index contributed by atoms with van der Waals surface area (Å²) in [7, 11) is 0. The van der Waals surface area contributed by atoms with Crippen molar-refractivity contribution in [2.45, 2.75) is 163 Å². The molecule has 5 N–H and O–H groups in total. The van der Waals surface area contributed by atoms with Crippen LogP contribution in [0, 0.1) is 46.3 Å². The monoisotopic (exact) mass is 699 g/mol. The van der Waals surface area contributed by atoms with E-state index in [2.05, 4.69) is 46.0 Å². The molecule has 288 valence electrons. The number of nitrogens with one attached hydrogen (secondary N) is 1. The van der Waals surface area contributed by atoms with Crippen molar-refractivity contribution < 1.29 is 14.3 Å². The van der Waals surface area contributed by atoms with Crippen molar-refractivity contribution in [3.05, 3.63) is 11.6 Å². The minimum atomic E-state index is -0.0876. The third-order valence-electron chi connectivity index (χ3n) is 14.2. The van der Waals surface area contributed by atoms with E-state index in [1.807, 2.05) is 4.90 Å². The number of esters is 1.